The maximum atomic E-state index is 12.1. The van der Waals surface area contributed by atoms with E-state index in [2.05, 4.69) is 30.7 Å². The lowest BCUT2D eigenvalue weighted by atomic mass is 10.2. The van der Waals surface area contributed by atoms with Crippen LogP contribution in [-0.2, 0) is 0 Å². The third-order valence-electron chi connectivity index (χ3n) is 3.89. The Morgan fingerprint density at radius 3 is 2.68 bits per heavy atom. The van der Waals surface area contributed by atoms with Gasteiger partial charge < -0.3 is 15.4 Å². The summed E-state index contributed by atoms with van der Waals surface area (Å²) in [6.07, 6.45) is 2.98. The van der Waals surface area contributed by atoms with Gasteiger partial charge in [0.2, 0.25) is 5.88 Å². The van der Waals surface area contributed by atoms with Gasteiger partial charge in [0.15, 0.2) is 5.82 Å². The van der Waals surface area contributed by atoms with Crippen molar-refractivity contribution in [3.63, 3.8) is 0 Å². The van der Waals surface area contributed by atoms with E-state index in [0.29, 0.717) is 42.8 Å². The lowest BCUT2D eigenvalue weighted by molar-refractivity contribution is 0.0954. The fourth-order valence-electron chi connectivity index (χ4n) is 2.64. The van der Waals surface area contributed by atoms with Crippen LogP contribution in [0.2, 0.25) is 0 Å². The van der Waals surface area contributed by atoms with Crippen LogP contribution in [0.25, 0.3) is 5.82 Å². The summed E-state index contributed by atoms with van der Waals surface area (Å²) in [6, 6.07) is 7.17. The minimum Gasteiger partial charge on any atom is -0.478 e. The van der Waals surface area contributed by atoms with Crippen molar-refractivity contribution in [3.8, 4) is 11.7 Å². The standard InChI is InChI=1S/C19H23N7O2/c1-4-28-18-6-5-15(11-22-18)19(27)21-8-7-20-16-10-17(24-12-23-16)26-14(3)9-13(2)25-26/h5-6,9-12H,4,7-8H2,1-3H3,(H,21,27)(H,20,23,24). The number of carbonyl (C=O) groups excluding carboxylic acids is 1. The summed E-state index contributed by atoms with van der Waals surface area (Å²) in [5, 5.41) is 10.4. The van der Waals surface area contributed by atoms with Gasteiger partial charge in [-0.05, 0) is 32.9 Å². The molecule has 0 radical (unpaired) electrons. The Morgan fingerprint density at radius 1 is 1.14 bits per heavy atom. The number of anilines is 1. The summed E-state index contributed by atoms with van der Waals surface area (Å²) in [5.74, 6) is 1.66. The molecular formula is C19H23N7O2. The summed E-state index contributed by atoms with van der Waals surface area (Å²) in [5.41, 5.74) is 2.41. The molecular weight excluding hydrogens is 358 g/mol. The van der Waals surface area contributed by atoms with E-state index in [1.807, 2.05) is 32.9 Å². The Labute approximate surface area is 163 Å². The fourth-order valence-corrected chi connectivity index (χ4v) is 2.64. The Morgan fingerprint density at radius 2 is 2.00 bits per heavy atom. The monoisotopic (exact) mass is 381 g/mol. The molecule has 28 heavy (non-hydrogen) atoms. The zero-order chi connectivity index (χ0) is 19.9. The zero-order valence-corrected chi connectivity index (χ0v) is 16.1. The molecule has 0 saturated carbocycles. The Kier molecular flexibility index (Phi) is 6.15. The molecule has 2 N–H and O–H groups in total. The number of pyridine rings is 1. The highest BCUT2D eigenvalue weighted by Crippen LogP contribution is 2.12. The number of ether oxygens (including phenoxy) is 1. The number of hydrogen-bond acceptors (Lipinski definition) is 7. The van der Waals surface area contributed by atoms with Crippen LogP contribution in [0.15, 0.2) is 36.8 Å². The number of aromatic nitrogens is 5. The Balaban J connectivity index is 1.50. The largest absolute Gasteiger partial charge is 0.478 e. The SMILES string of the molecule is CCOc1ccc(C(=O)NCCNc2cc(-n3nc(C)cc3C)ncn2)cn1. The van der Waals surface area contributed by atoms with Gasteiger partial charge in [0.25, 0.3) is 5.91 Å². The number of hydrogen-bond donors (Lipinski definition) is 2. The van der Waals surface area contributed by atoms with E-state index in [-0.39, 0.29) is 5.91 Å². The normalized spacial score (nSPS) is 10.5. The maximum absolute atomic E-state index is 12.1. The van der Waals surface area contributed by atoms with Gasteiger partial charge >= 0.3 is 0 Å². The molecule has 0 saturated heterocycles. The van der Waals surface area contributed by atoms with E-state index in [4.69, 9.17) is 4.74 Å². The molecule has 3 rings (SSSR count). The molecule has 0 aliphatic heterocycles. The van der Waals surface area contributed by atoms with Gasteiger partial charge in [0.05, 0.1) is 17.9 Å². The molecule has 146 valence electrons. The van der Waals surface area contributed by atoms with Crippen LogP contribution in [0.5, 0.6) is 5.88 Å². The number of rotatable bonds is 8. The number of carbonyl (C=O) groups is 1. The van der Waals surface area contributed by atoms with E-state index in [1.54, 1.807) is 16.8 Å². The van der Waals surface area contributed by atoms with Crippen molar-refractivity contribution in [1.29, 1.82) is 0 Å². The Hall–Kier alpha value is -3.49. The van der Waals surface area contributed by atoms with Crippen LogP contribution < -0.4 is 15.4 Å². The first-order chi connectivity index (χ1) is 13.6. The highest BCUT2D eigenvalue weighted by atomic mass is 16.5. The van der Waals surface area contributed by atoms with E-state index >= 15 is 0 Å². The number of amides is 1. The van der Waals surface area contributed by atoms with Crippen LogP contribution in [0.1, 0.15) is 28.7 Å². The maximum Gasteiger partial charge on any atom is 0.252 e. The quantitative estimate of drug-likeness (QED) is 0.574. The highest BCUT2D eigenvalue weighted by molar-refractivity contribution is 5.93. The van der Waals surface area contributed by atoms with E-state index < -0.39 is 0 Å². The molecule has 0 atom stereocenters. The third kappa shape index (κ3) is 4.81. The van der Waals surface area contributed by atoms with Crippen molar-refractivity contribution in [2.45, 2.75) is 20.8 Å². The van der Waals surface area contributed by atoms with E-state index in [9.17, 15) is 4.79 Å². The first kappa shape index (κ1) is 19.3. The molecule has 3 aromatic heterocycles. The van der Waals surface area contributed by atoms with Crippen LogP contribution in [0.4, 0.5) is 5.82 Å². The summed E-state index contributed by atoms with van der Waals surface area (Å²) in [7, 11) is 0. The van der Waals surface area contributed by atoms with Gasteiger partial charge in [-0.25, -0.2) is 19.6 Å². The van der Waals surface area contributed by atoms with E-state index in [1.165, 1.54) is 12.5 Å². The highest BCUT2D eigenvalue weighted by Gasteiger charge is 2.08. The minimum atomic E-state index is -0.191. The molecule has 9 heteroatoms. The second-order valence-electron chi connectivity index (χ2n) is 6.10. The van der Waals surface area contributed by atoms with Crippen LogP contribution in [-0.4, -0.2) is 50.3 Å². The van der Waals surface area contributed by atoms with Crippen LogP contribution in [0, 0.1) is 13.8 Å². The zero-order valence-electron chi connectivity index (χ0n) is 16.1. The van der Waals surface area contributed by atoms with Gasteiger partial charge in [0.1, 0.15) is 12.1 Å². The summed E-state index contributed by atoms with van der Waals surface area (Å²) < 4.78 is 7.03. The molecule has 0 unspecified atom stereocenters. The second kappa shape index (κ2) is 8.94. The minimum absolute atomic E-state index is 0.191. The predicted octanol–water partition coefficient (Wildman–Crippen LogP) is 1.91. The van der Waals surface area contributed by atoms with Gasteiger partial charge in [0, 0.05) is 37.1 Å². The first-order valence-corrected chi connectivity index (χ1v) is 9.03. The molecule has 1 amide bonds. The van der Waals surface area contributed by atoms with Crippen LogP contribution >= 0.6 is 0 Å². The molecule has 3 heterocycles. The molecule has 0 aliphatic rings. The lowest BCUT2D eigenvalue weighted by Crippen LogP contribution is -2.29. The van der Waals surface area contributed by atoms with E-state index in [0.717, 1.165) is 11.4 Å². The fraction of sp³-hybridized carbons (Fsp3) is 0.316. The topological polar surface area (TPSA) is 107 Å². The van der Waals surface area contributed by atoms with Gasteiger partial charge in [-0.15, -0.1) is 0 Å². The van der Waals surface area contributed by atoms with Gasteiger partial charge in [-0.2, -0.15) is 5.10 Å². The van der Waals surface area contributed by atoms with Crippen molar-refractivity contribution in [2.75, 3.05) is 25.0 Å². The summed E-state index contributed by atoms with van der Waals surface area (Å²) >= 11 is 0. The lowest BCUT2D eigenvalue weighted by Gasteiger charge is -2.09. The van der Waals surface area contributed by atoms with Crippen molar-refractivity contribution in [3.05, 3.63) is 53.7 Å². The molecule has 0 spiro atoms. The van der Waals surface area contributed by atoms with Gasteiger partial charge in [-0.3, -0.25) is 4.79 Å². The first-order valence-electron chi connectivity index (χ1n) is 9.03. The molecule has 0 bridgehead atoms. The van der Waals surface area contributed by atoms with Crippen molar-refractivity contribution in [1.82, 2.24) is 30.0 Å². The molecule has 0 aliphatic carbocycles. The third-order valence-corrected chi connectivity index (χ3v) is 3.89. The number of aryl methyl sites for hydroxylation is 2. The van der Waals surface area contributed by atoms with Crippen molar-refractivity contribution in [2.24, 2.45) is 0 Å². The molecule has 9 nitrogen and oxygen atoms in total. The molecule has 0 aromatic carbocycles. The predicted molar refractivity (Wildman–Crippen MR) is 105 cm³/mol. The van der Waals surface area contributed by atoms with Gasteiger partial charge in [-0.1, -0.05) is 0 Å². The van der Waals surface area contributed by atoms with Crippen molar-refractivity contribution < 1.29 is 9.53 Å². The number of nitrogens with zero attached hydrogens (tertiary/aromatic N) is 5. The number of nitrogens with one attached hydrogen (secondary N) is 2. The smallest absolute Gasteiger partial charge is 0.252 e. The molecule has 3 aromatic rings. The average Bonchev–Trinajstić information content (AvgIpc) is 3.04. The molecule has 0 fully saturated rings. The Bertz CT molecular complexity index is 938. The summed E-state index contributed by atoms with van der Waals surface area (Å²) in [6.45, 7) is 7.28. The van der Waals surface area contributed by atoms with Crippen LogP contribution in [0.3, 0.4) is 0 Å². The van der Waals surface area contributed by atoms with Crippen molar-refractivity contribution >= 4 is 11.7 Å². The summed E-state index contributed by atoms with van der Waals surface area (Å²) in [4.78, 5) is 24.7. The second-order valence-corrected chi connectivity index (χ2v) is 6.10. The average molecular weight is 381 g/mol.